The van der Waals surface area contributed by atoms with E-state index in [2.05, 4.69) is 26.2 Å². The Morgan fingerprint density at radius 1 is 1.38 bits per heavy atom. The first-order chi connectivity index (χ1) is 10.2. The van der Waals surface area contributed by atoms with Gasteiger partial charge in [-0.1, -0.05) is 6.07 Å². The lowest BCUT2D eigenvalue weighted by Gasteiger charge is -2.22. The highest BCUT2D eigenvalue weighted by Gasteiger charge is 2.21. The first kappa shape index (κ1) is 13.7. The fourth-order valence-corrected chi connectivity index (χ4v) is 2.53. The molecule has 1 aliphatic rings. The standard InChI is InChI=1S/C14H18N6O/c1-10-2-3-12(8-13(10)20-9-16-18-19-20)17-14(21)11-4-6-15-7-5-11/h2-3,8-9,11,15H,4-7H2,1H3,(H,17,21). The van der Waals surface area contributed by atoms with Gasteiger partial charge < -0.3 is 10.6 Å². The molecule has 7 nitrogen and oxygen atoms in total. The van der Waals surface area contributed by atoms with Crippen LogP contribution in [0.5, 0.6) is 0 Å². The largest absolute Gasteiger partial charge is 0.326 e. The van der Waals surface area contributed by atoms with E-state index in [0.29, 0.717) is 0 Å². The van der Waals surface area contributed by atoms with Gasteiger partial charge in [-0.2, -0.15) is 0 Å². The van der Waals surface area contributed by atoms with Crippen LogP contribution in [0.3, 0.4) is 0 Å². The number of nitrogens with zero attached hydrogens (tertiary/aromatic N) is 4. The molecule has 0 aliphatic carbocycles. The van der Waals surface area contributed by atoms with E-state index in [0.717, 1.165) is 42.9 Å². The van der Waals surface area contributed by atoms with Gasteiger partial charge in [-0.25, -0.2) is 4.68 Å². The molecule has 0 spiro atoms. The number of aryl methyl sites for hydroxylation is 1. The van der Waals surface area contributed by atoms with Crippen LogP contribution in [-0.4, -0.2) is 39.2 Å². The Labute approximate surface area is 122 Å². The van der Waals surface area contributed by atoms with Crippen molar-refractivity contribution in [2.45, 2.75) is 19.8 Å². The van der Waals surface area contributed by atoms with Crippen molar-refractivity contribution in [2.24, 2.45) is 5.92 Å². The van der Waals surface area contributed by atoms with Crippen LogP contribution in [-0.2, 0) is 4.79 Å². The molecule has 2 aromatic rings. The van der Waals surface area contributed by atoms with Crippen molar-refractivity contribution in [3.8, 4) is 5.69 Å². The summed E-state index contributed by atoms with van der Waals surface area (Å²) in [6.07, 6.45) is 3.32. The van der Waals surface area contributed by atoms with Gasteiger partial charge in [0.15, 0.2) is 0 Å². The molecule has 0 saturated carbocycles. The van der Waals surface area contributed by atoms with Crippen molar-refractivity contribution in [3.63, 3.8) is 0 Å². The number of hydrogen-bond acceptors (Lipinski definition) is 5. The molecule has 110 valence electrons. The van der Waals surface area contributed by atoms with E-state index < -0.39 is 0 Å². The van der Waals surface area contributed by atoms with Crippen LogP contribution in [0.15, 0.2) is 24.5 Å². The van der Waals surface area contributed by atoms with Crippen LogP contribution in [0.2, 0.25) is 0 Å². The van der Waals surface area contributed by atoms with Crippen LogP contribution in [0.25, 0.3) is 5.69 Å². The van der Waals surface area contributed by atoms with Gasteiger partial charge in [0.25, 0.3) is 0 Å². The van der Waals surface area contributed by atoms with Gasteiger partial charge in [0.2, 0.25) is 5.91 Å². The Bertz CT molecular complexity index is 618. The van der Waals surface area contributed by atoms with Gasteiger partial charge >= 0.3 is 0 Å². The van der Waals surface area contributed by atoms with Crippen LogP contribution >= 0.6 is 0 Å². The van der Waals surface area contributed by atoms with Crippen molar-refractivity contribution in [1.29, 1.82) is 0 Å². The first-order valence-corrected chi connectivity index (χ1v) is 7.09. The zero-order valence-corrected chi connectivity index (χ0v) is 11.9. The Balaban J connectivity index is 1.77. The van der Waals surface area contributed by atoms with Gasteiger partial charge in [-0.3, -0.25) is 4.79 Å². The zero-order valence-electron chi connectivity index (χ0n) is 11.9. The minimum atomic E-state index is 0.0861. The fourth-order valence-electron chi connectivity index (χ4n) is 2.53. The number of hydrogen-bond donors (Lipinski definition) is 2. The number of anilines is 1. The van der Waals surface area contributed by atoms with Gasteiger partial charge in [-0.15, -0.1) is 5.10 Å². The lowest BCUT2D eigenvalue weighted by molar-refractivity contribution is -0.120. The zero-order chi connectivity index (χ0) is 14.7. The summed E-state index contributed by atoms with van der Waals surface area (Å²) in [4.78, 5) is 12.3. The average Bonchev–Trinajstić information content (AvgIpc) is 3.04. The number of rotatable bonds is 3. The molecule has 1 aromatic heterocycles. The molecular weight excluding hydrogens is 268 g/mol. The normalized spacial score (nSPS) is 15.9. The predicted octanol–water partition coefficient (Wildman–Crippen LogP) is 0.909. The van der Waals surface area contributed by atoms with Gasteiger partial charge in [0.05, 0.1) is 5.69 Å². The highest BCUT2D eigenvalue weighted by molar-refractivity contribution is 5.93. The second-order valence-electron chi connectivity index (χ2n) is 5.27. The lowest BCUT2D eigenvalue weighted by atomic mass is 9.97. The molecule has 0 atom stereocenters. The van der Waals surface area contributed by atoms with E-state index in [1.54, 1.807) is 11.0 Å². The summed E-state index contributed by atoms with van der Waals surface area (Å²) in [6.45, 7) is 3.79. The van der Waals surface area contributed by atoms with E-state index in [4.69, 9.17) is 0 Å². The molecule has 3 rings (SSSR count). The van der Waals surface area contributed by atoms with Gasteiger partial charge in [0.1, 0.15) is 6.33 Å². The second-order valence-corrected chi connectivity index (χ2v) is 5.27. The summed E-state index contributed by atoms with van der Waals surface area (Å²) >= 11 is 0. The third-order valence-electron chi connectivity index (χ3n) is 3.78. The van der Waals surface area contributed by atoms with E-state index in [1.807, 2.05) is 25.1 Å². The maximum absolute atomic E-state index is 12.3. The third-order valence-corrected chi connectivity index (χ3v) is 3.78. The Morgan fingerprint density at radius 3 is 2.90 bits per heavy atom. The maximum Gasteiger partial charge on any atom is 0.227 e. The van der Waals surface area contributed by atoms with Crippen LogP contribution in [0.4, 0.5) is 5.69 Å². The summed E-state index contributed by atoms with van der Waals surface area (Å²) in [6, 6.07) is 5.75. The minimum Gasteiger partial charge on any atom is -0.326 e. The lowest BCUT2D eigenvalue weighted by Crippen LogP contribution is -2.34. The number of nitrogens with one attached hydrogen (secondary N) is 2. The molecule has 1 aliphatic heterocycles. The molecule has 7 heteroatoms. The maximum atomic E-state index is 12.3. The Hall–Kier alpha value is -2.28. The average molecular weight is 286 g/mol. The summed E-state index contributed by atoms with van der Waals surface area (Å²) in [5.74, 6) is 0.173. The van der Waals surface area contributed by atoms with E-state index in [9.17, 15) is 4.79 Å². The van der Waals surface area contributed by atoms with E-state index in [-0.39, 0.29) is 11.8 Å². The van der Waals surface area contributed by atoms with Crippen LogP contribution < -0.4 is 10.6 Å². The molecule has 21 heavy (non-hydrogen) atoms. The number of tetrazole rings is 1. The van der Waals surface area contributed by atoms with Crippen LogP contribution in [0, 0.1) is 12.8 Å². The van der Waals surface area contributed by atoms with Crippen molar-refractivity contribution < 1.29 is 4.79 Å². The quantitative estimate of drug-likeness (QED) is 0.876. The molecule has 2 N–H and O–H groups in total. The molecule has 1 aromatic carbocycles. The van der Waals surface area contributed by atoms with Crippen molar-refractivity contribution in [2.75, 3.05) is 18.4 Å². The summed E-state index contributed by atoms with van der Waals surface area (Å²) in [5.41, 5.74) is 2.68. The number of benzene rings is 1. The Kier molecular flexibility index (Phi) is 3.92. The number of piperidine rings is 1. The predicted molar refractivity (Wildman–Crippen MR) is 78.1 cm³/mol. The van der Waals surface area contributed by atoms with Crippen molar-refractivity contribution in [3.05, 3.63) is 30.1 Å². The topological polar surface area (TPSA) is 84.7 Å². The molecule has 0 unspecified atom stereocenters. The summed E-state index contributed by atoms with van der Waals surface area (Å²) in [5, 5.41) is 17.4. The summed E-state index contributed by atoms with van der Waals surface area (Å²) < 4.78 is 1.59. The van der Waals surface area contributed by atoms with Crippen molar-refractivity contribution in [1.82, 2.24) is 25.5 Å². The first-order valence-electron chi connectivity index (χ1n) is 7.09. The molecule has 1 saturated heterocycles. The van der Waals surface area contributed by atoms with Crippen molar-refractivity contribution >= 4 is 11.6 Å². The fraction of sp³-hybridized carbons (Fsp3) is 0.429. The van der Waals surface area contributed by atoms with Gasteiger partial charge in [0, 0.05) is 11.6 Å². The highest BCUT2D eigenvalue weighted by Crippen LogP contribution is 2.20. The third kappa shape index (κ3) is 3.08. The van der Waals surface area contributed by atoms with Crippen LogP contribution in [0.1, 0.15) is 18.4 Å². The minimum absolute atomic E-state index is 0.0861. The molecule has 1 fully saturated rings. The molecular formula is C14H18N6O. The Morgan fingerprint density at radius 2 is 2.19 bits per heavy atom. The number of aromatic nitrogens is 4. The highest BCUT2D eigenvalue weighted by atomic mass is 16.1. The van der Waals surface area contributed by atoms with E-state index >= 15 is 0 Å². The second kappa shape index (κ2) is 6.01. The molecule has 1 amide bonds. The summed E-state index contributed by atoms with van der Waals surface area (Å²) in [7, 11) is 0. The monoisotopic (exact) mass is 286 g/mol. The van der Waals surface area contributed by atoms with Gasteiger partial charge in [-0.05, 0) is 61.0 Å². The smallest absolute Gasteiger partial charge is 0.227 e. The van der Waals surface area contributed by atoms with E-state index in [1.165, 1.54) is 0 Å². The molecule has 0 radical (unpaired) electrons. The molecule has 0 bridgehead atoms. The number of carbonyl (C=O) groups is 1. The number of amides is 1. The molecule has 2 heterocycles. The SMILES string of the molecule is Cc1ccc(NC(=O)C2CCNCC2)cc1-n1cnnn1. The number of carbonyl (C=O) groups excluding carboxylic acids is 1.